The molecular formula is C27H34N4O3. The molecule has 0 atom stereocenters. The van der Waals surface area contributed by atoms with Crippen molar-refractivity contribution < 1.29 is 14.1 Å². The van der Waals surface area contributed by atoms with Crippen molar-refractivity contribution in [1.82, 2.24) is 19.9 Å². The summed E-state index contributed by atoms with van der Waals surface area (Å²) in [5.41, 5.74) is 3.18. The third-order valence-electron chi connectivity index (χ3n) is 5.99. The predicted molar refractivity (Wildman–Crippen MR) is 132 cm³/mol. The summed E-state index contributed by atoms with van der Waals surface area (Å²) in [6.45, 7) is 10.3. The van der Waals surface area contributed by atoms with E-state index >= 15 is 0 Å². The molecule has 4 rings (SSSR count). The van der Waals surface area contributed by atoms with Crippen LogP contribution in [0.3, 0.4) is 0 Å². The standard InChI is InChI=1S/C27H34N4O3/c1-20(2)33-24-7-4-6-22(18-24)19-26(32)31-16-14-30(15-17-31)13-5-8-25-28-27(29-34-25)23-11-9-21(3)10-12-23/h4,6-7,9-12,18,20H,5,8,13-17,19H2,1-3H3. The Morgan fingerprint density at radius 2 is 1.85 bits per heavy atom. The zero-order chi connectivity index (χ0) is 23.9. The van der Waals surface area contributed by atoms with Crippen molar-refractivity contribution in [3.63, 3.8) is 0 Å². The molecule has 0 aliphatic carbocycles. The van der Waals surface area contributed by atoms with Crippen LogP contribution in [0.5, 0.6) is 5.75 Å². The van der Waals surface area contributed by atoms with E-state index in [1.165, 1.54) is 5.56 Å². The molecule has 3 aromatic rings. The largest absolute Gasteiger partial charge is 0.491 e. The molecule has 0 radical (unpaired) electrons. The lowest BCUT2D eigenvalue weighted by Crippen LogP contribution is -2.49. The van der Waals surface area contributed by atoms with Gasteiger partial charge in [-0.2, -0.15) is 4.98 Å². The molecule has 0 unspecified atom stereocenters. The highest BCUT2D eigenvalue weighted by atomic mass is 16.5. The zero-order valence-electron chi connectivity index (χ0n) is 20.4. The highest BCUT2D eigenvalue weighted by molar-refractivity contribution is 5.79. The van der Waals surface area contributed by atoms with Gasteiger partial charge in [-0.25, -0.2) is 0 Å². The Bertz CT molecular complexity index is 1070. The van der Waals surface area contributed by atoms with Crippen molar-refractivity contribution >= 4 is 5.91 Å². The van der Waals surface area contributed by atoms with E-state index in [0.29, 0.717) is 18.1 Å². The first kappa shape index (κ1) is 24.0. The number of piperazine rings is 1. The molecule has 0 bridgehead atoms. The second kappa shape index (κ2) is 11.3. The van der Waals surface area contributed by atoms with E-state index in [2.05, 4.69) is 22.0 Å². The van der Waals surface area contributed by atoms with Gasteiger partial charge in [0.05, 0.1) is 12.5 Å². The van der Waals surface area contributed by atoms with Crippen LogP contribution in [0.15, 0.2) is 53.1 Å². The van der Waals surface area contributed by atoms with Crippen molar-refractivity contribution in [2.75, 3.05) is 32.7 Å². The molecule has 2 heterocycles. The van der Waals surface area contributed by atoms with Crippen LogP contribution in [0.25, 0.3) is 11.4 Å². The Morgan fingerprint density at radius 3 is 2.59 bits per heavy atom. The van der Waals surface area contributed by atoms with Crippen molar-refractivity contribution in [3.8, 4) is 17.1 Å². The van der Waals surface area contributed by atoms with Gasteiger partial charge in [0.15, 0.2) is 0 Å². The summed E-state index contributed by atoms with van der Waals surface area (Å²) in [7, 11) is 0. The van der Waals surface area contributed by atoms with E-state index in [0.717, 1.165) is 62.4 Å². The SMILES string of the molecule is Cc1ccc(-c2noc(CCCN3CCN(C(=O)Cc4cccc(OC(C)C)c4)CC3)n2)cc1. The van der Waals surface area contributed by atoms with Crippen molar-refractivity contribution in [3.05, 3.63) is 65.5 Å². The van der Waals surface area contributed by atoms with Crippen LogP contribution in [-0.2, 0) is 17.6 Å². The van der Waals surface area contributed by atoms with E-state index < -0.39 is 0 Å². The summed E-state index contributed by atoms with van der Waals surface area (Å²) in [5, 5.41) is 4.11. The minimum Gasteiger partial charge on any atom is -0.491 e. The first-order valence-electron chi connectivity index (χ1n) is 12.1. The van der Waals surface area contributed by atoms with Gasteiger partial charge in [-0.15, -0.1) is 0 Å². The molecular weight excluding hydrogens is 428 g/mol. The Balaban J connectivity index is 1.18. The molecule has 0 N–H and O–H groups in total. The number of aryl methyl sites for hydroxylation is 2. The molecule has 1 aromatic heterocycles. The fraction of sp³-hybridized carbons (Fsp3) is 0.444. The van der Waals surface area contributed by atoms with Crippen LogP contribution in [0.1, 0.15) is 37.3 Å². The summed E-state index contributed by atoms with van der Waals surface area (Å²) in [6.07, 6.45) is 2.24. The number of ether oxygens (including phenoxy) is 1. The average molecular weight is 463 g/mol. The van der Waals surface area contributed by atoms with Gasteiger partial charge >= 0.3 is 0 Å². The molecule has 0 saturated carbocycles. The number of carbonyl (C=O) groups excluding carboxylic acids is 1. The Morgan fingerprint density at radius 1 is 1.09 bits per heavy atom. The average Bonchev–Trinajstić information content (AvgIpc) is 3.29. The van der Waals surface area contributed by atoms with Gasteiger partial charge in [0.25, 0.3) is 0 Å². The number of aromatic nitrogens is 2. The van der Waals surface area contributed by atoms with Gasteiger partial charge in [0, 0.05) is 38.2 Å². The maximum Gasteiger partial charge on any atom is 0.227 e. The maximum absolute atomic E-state index is 12.8. The summed E-state index contributed by atoms with van der Waals surface area (Å²) in [6, 6.07) is 16.0. The third-order valence-corrected chi connectivity index (χ3v) is 5.99. The lowest BCUT2D eigenvalue weighted by molar-refractivity contribution is -0.132. The summed E-state index contributed by atoms with van der Waals surface area (Å²) < 4.78 is 11.2. The zero-order valence-corrected chi connectivity index (χ0v) is 20.4. The molecule has 2 aromatic carbocycles. The normalized spacial score (nSPS) is 14.5. The van der Waals surface area contributed by atoms with Gasteiger partial charge in [-0.1, -0.05) is 47.1 Å². The molecule has 1 aliphatic heterocycles. The third kappa shape index (κ3) is 6.67. The first-order valence-corrected chi connectivity index (χ1v) is 12.1. The smallest absolute Gasteiger partial charge is 0.227 e. The van der Waals surface area contributed by atoms with Crippen molar-refractivity contribution in [2.45, 2.75) is 46.1 Å². The van der Waals surface area contributed by atoms with E-state index in [1.807, 2.05) is 67.3 Å². The molecule has 1 aliphatic rings. The summed E-state index contributed by atoms with van der Waals surface area (Å²) in [4.78, 5) is 21.7. The van der Waals surface area contributed by atoms with Crippen LogP contribution in [0.2, 0.25) is 0 Å². The summed E-state index contributed by atoms with van der Waals surface area (Å²) in [5.74, 6) is 2.31. The lowest BCUT2D eigenvalue weighted by Gasteiger charge is -2.34. The van der Waals surface area contributed by atoms with Crippen molar-refractivity contribution in [2.24, 2.45) is 0 Å². The van der Waals surface area contributed by atoms with E-state index in [9.17, 15) is 4.79 Å². The van der Waals surface area contributed by atoms with E-state index in [1.54, 1.807) is 0 Å². The van der Waals surface area contributed by atoms with Crippen LogP contribution in [-0.4, -0.2) is 64.7 Å². The number of amides is 1. The quantitative estimate of drug-likeness (QED) is 0.476. The molecule has 0 spiro atoms. The second-order valence-corrected chi connectivity index (χ2v) is 9.19. The molecule has 1 saturated heterocycles. The molecule has 34 heavy (non-hydrogen) atoms. The van der Waals surface area contributed by atoms with Crippen molar-refractivity contribution in [1.29, 1.82) is 0 Å². The number of hydrogen-bond acceptors (Lipinski definition) is 6. The van der Waals surface area contributed by atoms with Crippen LogP contribution in [0, 0.1) is 6.92 Å². The molecule has 180 valence electrons. The Hall–Kier alpha value is -3.19. The number of rotatable bonds is 9. The Labute approximate surface area is 201 Å². The van der Waals surface area contributed by atoms with E-state index in [4.69, 9.17) is 9.26 Å². The van der Waals surface area contributed by atoms with Gasteiger partial charge in [-0.05, 0) is 51.4 Å². The predicted octanol–water partition coefficient (Wildman–Crippen LogP) is 4.15. The summed E-state index contributed by atoms with van der Waals surface area (Å²) >= 11 is 0. The monoisotopic (exact) mass is 462 g/mol. The van der Waals surface area contributed by atoms with Gasteiger partial charge in [-0.3, -0.25) is 9.69 Å². The van der Waals surface area contributed by atoms with Crippen LogP contribution in [0.4, 0.5) is 0 Å². The second-order valence-electron chi connectivity index (χ2n) is 9.19. The lowest BCUT2D eigenvalue weighted by atomic mass is 10.1. The fourth-order valence-electron chi connectivity index (χ4n) is 4.14. The van der Waals surface area contributed by atoms with Crippen LogP contribution >= 0.6 is 0 Å². The number of hydrogen-bond donors (Lipinski definition) is 0. The van der Waals surface area contributed by atoms with E-state index in [-0.39, 0.29) is 12.0 Å². The highest BCUT2D eigenvalue weighted by Gasteiger charge is 2.21. The van der Waals surface area contributed by atoms with Gasteiger partial charge < -0.3 is 14.2 Å². The highest BCUT2D eigenvalue weighted by Crippen LogP contribution is 2.18. The minimum atomic E-state index is 0.120. The topological polar surface area (TPSA) is 71.7 Å². The van der Waals surface area contributed by atoms with Crippen LogP contribution < -0.4 is 4.74 Å². The first-order chi connectivity index (χ1) is 16.5. The number of nitrogens with zero attached hydrogens (tertiary/aromatic N) is 4. The minimum absolute atomic E-state index is 0.120. The number of benzene rings is 2. The maximum atomic E-state index is 12.8. The molecule has 7 heteroatoms. The molecule has 7 nitrogen and oxygen atoms in total. The molecule has 1 fully saturated rings. The van der Waals surface area contributed by atoms with Gasteiger partial charge in [0.2, 0.25) is 17.6 Å². The number of carbonyl (C=O) groups is 1. The Kier molecular flexibility index (Phi) is 7.95. The van der Waals surface area contributed by atoms with Gasteiger partial charge in [0.1, 0.15) is 5.75 Å². The molecule has 1 amide bonds. The fourth-order valence-corrected chi connectivity index (χ4v) is 4.14.